The Hall–Kier alpha value is -2.26. The second-order valence-electron chi connectivity index (χ2n) is 5.51. The van der Waals surface area contributed by atoms with Crippen LogP contribution in [0.5, 0.6) is 0 Å². The summed E-state index contributed by atoms with van der Waals surface area (Å²) in [5, 5.41) is 20.9. The smallest absolute Gasteiger partial charge is 0.326 e. The summed E-state index contributed by atoms with van der Waals surface area (Å²) in [5.74, 6) is -0.487. The third kappa shape index (κ3) is 3.46. The molecule has 1 aliphatic heterocycles. The minimum Gasteiger partial charge on any atom is -0.480 e. The van der Waals surface area contributed by atoms with Crippen LogP contribution in [0.15, 0.2) is 21.2 Å². The van der Waals surface area contributed by atoms with Crippen LogP contribution in [0.25, 0.3) is 11.5 Å². The fourth-order valence-electron chi connectivity index (χ4n) is 2.69. The minimum absolute atomic E-state index is 0.117. The highest BCUT2D eigenvalue weighted by Gasteiger charge is 2.39. The third-order valence-electron chi connectivity index (χ3n) is 3.99. The highest BCUT2D eigenvalue weighted by molar-refractivity contribution is 7.08. The summed E-state index contributed by atoms with van der Waals surface area (Å²) in [6, 6.07) is 1.03. The lowest BCUT2D eigenvalue weighted by molar-refractivity contribution is -0.148. The standard InChI is InChI=1S/C15H17N3O5S/c1-22-10-6-11(15(20)21)18(7-10)13(19)3-2-12-16-17-14(23-12)9-4-5-24-8-9/h4-5,8,10-11H,2-3,6-7H2,1H3,(H,20,21). The second-order valence-corrected chi connectivity index (χ2v) is 6.29. The number of hydrogen-bond acceptors (Lipinski definition) is 7. The molecule has 1 saturated heterocycles. The SMILES string of the molecule is COC1CC(C(=O)O)N(C(=O)CCc2nnc(-c3ccsc3)o2)C1. The topological polar surface area (TPSA) is 106 Å². The second kappa shape index (κ2) is 7.10. The van der Waals surface area contributed by atoms with Crippen LogP contribution in [0.1, 0.15) is 18.7 Å². The molecule has 0 aromatic carbocycles. The molecule has 2 aromatic heterocycles. The number of aromatic nitrogens is 2. The van der Waals surface area contributed by atoms with E-state index >= 15 is 0 Å². The number of aryl methyl sites for hydroxylation is 1. The van der Waals surface area contributed by atoms with Crippen molar-refractivity contribution in [2.45, 2.75) is 31.4 Å². The average molecular weight is 351 g/mol. The normalized spacial score (nSPS) is 20.5. The van der Waals surface area contributed by atoms with Gasteiger partial charge in [-0.05, 0) is 11.4 Å². The van der Waals surface area contributed by atoms with Gasteiger partial charge in [-0.2, -0.15) is 11.3 Å². The Balaban J connectivity index is 1.60. The van der Waals surface area contributed by atoms with Crippen molar-refractivity contribution in [3.8, 4) is 11.5 Å². The van der Waals surface area contributed by atoms with Crippen molar-refractivity contribution in [2.75, 3.05) is 13.7 Å². The molecule has 8 nitrogen and oxygen atoms in total. The van der Waals surface area contributed by atoms with Crippen molar-refractivity contribution in [3.63, 3.8) is 0 Å². The fraction of sp³-hybridized carbons (Fsp3) is 0.467. The van der Waals surface area contributed by atoms with Gasteiger partial charge >= 0.3 is 5.97 Å². The fourth-order valence-corrected chi connectivity index (χ4v) is 3.32. The molecule has 0 spiro atoms. The van der Waals surface area contributed by atoms with Gasteiger partial charge in [0.2, 0.25) is 17.7 Å². The summed E-state index contributed by atoms with van der Waals surface area (Å²) in [5.41, 5.74) is 0.846. The van der Waals surface area contributed by atoms with Crippen LogP contribution in [-0.2, 0) is 20.7 Å². The summed E-state index contributed by atoms with van der Waals surface area (Å²) in [4.78, 5) is 25.0. The van der Waals surface area contributed by atoms with E-state index in [1.165, 1.54) is 23.3 Å². The Labute approximate surface area is 142 Å². The number of amides is 1. The molecule has 9 heteroatoms. The highest BCUT2D eigenvalue weighted by atomic mass is 32.1. The molecule has 2 unspecified atom stereocenters. The van der Waals surface area contributed by atoms with Crippen LogP contribution in [0.2, 0.25) is 0 Å². The molecule has 3 heterocycles. The summed E-state index contributed by atoms with van der Waals surface area (Å²) in [6.45, 7) is 0.288. The van der Waals surface area contributed by atoms with Crippen molar-refractivity contribution in [1.29, 1.82) is 0 Å². The minimum atomic E-state index is -1.01. The van der Waals surface area contributed by atoms with Crippen LogP contribution in [0.4, 0.5) is 0 Å². The Bertz CT molecular complexity index is 715. The molecule has 1 amide bonds. The number of nitrogens with zero attached hydrogens (tertiary/aromatic N) is 3. The lowest BCUT2D eigenvalue weighted by atomic mass is 10.2. The zero-order valence-electron chi connectivity index (χ0n) is 13.0. The number of carboxylic acids is 1. The molecular weight excluding hydrogens is 334 g/mol. The van der Waals surface area contributed by atoms with Crippen LogP contribution in [0.3, 0.4) is 0 Å². The van der Waals surface area contributed by atoms with Gasteiger partial charge in [-0.1, -0.05) is 0 Å². The van der Waals surface area contributed by atoms with E-state index in [0.29, 0.717) is 18.2 Å². The molecular formula is C15H17N3O5S. The molecule has 0 aliphatic carbocycles. The van der Waals surface area contributed by atoms with Crippen LogP contribution in [-0.4, -0.2) is 57.9 Å². The molecule has 0 bridgehead atoms. The number of aliphatic carboxylic acids is 1. The van der Waals surface area contributed by atoms with E-state index in [9.17, 15) is 14.7 Å². The van der Waals surface area contributed by atoms with E-state index in [1.54, 1.807) is 0 Å². The largest absolute Gasteiger partial charge is 0.480 e. The average Bonchev–Trinajstić information content (AvgIpc) is 3.31. The van der Waals surface area contributed by atoms with Gasteiger partial charge in [0.1, 0.15) is 6.04 Å². The lowest BCUT2D eigenvalue weighted by Crippen LogP contribution is -2.40. The lowest BCUT2D eigenvalue weighted by Gasteiger charge is -2.20. The number of methoxy groups -OCH3 is 1. The molecule has 1 N–H and O–H groups in total. The molecule has 128 valence electrons. The number of carboxylic acid groups (broad SMARTS) is 1. The zero-order valence-corrected chi connectivity index (χ0v) is 13.9. The Morgan fingerprint density at radius 1 is 1.50 bits per heavy atom. The van der Waals surface area contributed by atoms with Gasteiger partial charge in [-0.3, -0.25) is 4.79 Å². The monoisotopic (exact) mass is 351 g/mol. The van der Waals surface area contributed by atoms with Gasteiger partial charge in [0.25, 0.3) is 0 Å². The maximum absolute atomic E-state index is 12.3. The van der Waals surface area contributed by atoms with Gasteiger partial charge in [-0.15, -0.1) is 10.2 Å². The van der Waals surface area contributed by atoms with E-state index in [2.05, 4.69) is 10.2 Å². The van der Waals surface area contributed by atoms with Gasteiger partial charge < -0.3 is 19.2 Å². The molecule has 1 aliphatic rings. The van der Waals surface area contributed by atoms with E-state index in [0.717, 1.165) is 5.56 Å². The van der Waals surface area contributed by atoms with E-state index in [1.807, 2.05) is 16.8 Å². The predicted octanol–water partition coefficient (Wildman–Crippen LogP) is 1.43. The first-order valence-corrected chi connectivity index (χ1v) is 8.42. The van der Waals surface area contributed by atoms with Gasteiger partial charge in [0.05, 0.1) is 6.10 Å². The van der Waals surface area contributed by atoms with E-state index in [-0.39, 0.29) is 31.4 Å². The number of carbonyl (C=O) groups excluding carboxylic acids is 1. The summed E-state index contributed by atoms with van der Waals surface area (Å²) in [7, 11) is 1.52. The maximum atomic E-state index is 12.3. The highest BCUT2D eigenvalue weighted by Crippen LogP contribution is 2.23. The molecule has 24 heavy (non-hydrogen) atoms. The summed E-state index contributed by atoms with van der Waals surface area (Å²) in [6.07, 6.45) is 0.450. The number of likely N-dealkylation sites (tertiary alicyclic amines) is 1. The maximum Gasteiger partial charge on any atom is 0.326 e. The summed E-state index contributed by atoms with van der Waals surface area (Å²) >= 11 is 1.53. The Kier molecular flexibility index (Phi) is 4.91. The molecule has 2 aromatic rings. The summed E-state index contributed by atoms with van der Waals surface area (Å²) < 4.78 is 10.7. The number of ether oxygens (including phenoxy) is 1. The van der Waals surface area contributed by atoms with Crippen molar-refractivity contribution >= 4 is 23.2 Å². The predicted molar refractivity (Wildman–Crippen MR) is 84.5 cm³/mol. The number of thiophene rings is 1. The van der Waals surface area contributed by atoms with Gasteiger partial charge in [0.15, 0.2) is 0 Å². The first kappa shape index (κ1) is 16.6. The number of rotatable bonds is 6. The van der Waals surface area contributed by atoms with Gasteiger partial charge in [-0.25, -0.2) is 4.79 Å². The first-order valence-electron chi connectivity index (χ1n) is 7.48. The molecule has 2 atom stereocenters. The molecule has 0 saturated carbocycles. The number of carbonyl (C=O) groups is 2. The molecule has 0 radical (unpaired) electrons. The quantitative estimate of drug-likeness (QED) is 0.839. The Morgan fingerprint density at radius 3 is 3.00 bits per heavy atom. The van der Waals surface area contributed by atoms with Gasteiger partial charge in [0, 0.05) is 43.9 Å². The number of hydrogen-bond donors (Lipinski definition) is 1. The van der Waals surface area contributed by atoms with Crippen molar-refractivity contribution in [1.82, 2.24) is 15.1 Å². The first-order chi connectivity index (χ1) is 11.6. The van der Waals surface area contributed by atoms with E-state index < -0.39 is 12.0 Å². The van der Waals surface area contributed by atoms with Crippen LogP contribution < -0.4 is 0 Å². The van der Waals surface area contributed by atoms with Crippen molar-refractivity contribution < 1.29 is 23.8 Å². The van der Waals surface area contributed by atoms with Crippen LogP contribution >= 0.6 is 11.3 Å². The van der Waals surface area contributed by atoms with Crippen molar-refractivity contribution in [3.05, 3.63) is 22.7 Å². The molecule has 1 fully saturated rings. The zero-order chi connectivity index (χ0) is 17.1. The molecule has 3 rings (SSSR count). The van der Waals surface area contributed by atoms with E-state index in [4.69, 9.17) is 9.15 Å². The third-order valence-corrected chi connectivity index (χ3v) is 4.67. The Morgan fingerprint density at radius 2 is 2.33 bits per heavy atom. The van der Waals surface area contributed by atoms with Crippen LogP contribution in [0, 0.1) is 0 Å². The van der Waals surface area contributed by atoms with Crippen molar-refractivity contribution in [2.24, 2.45) is 0 Å².